The van der Waals surface area contributed by atoms with E-state index in [2.05, 4.69) is 0 Å². The number of hydrogen-bond acceptors (Lipinski definition) is 7. The van der Waals surface area contributed by atoms with Crippen LogP contribution in [0.2, 0.25) is 0 Å². The van der Waals surface area contributed by atoms with Crippen LogP contribution in [0.4, 0.5) is 0 Å². The lowest BCUT2D eigenvalue weighted by atomic mass is 10.0. The van der Waals surface area contributed by atoms with Crippen molar-refractivity contribution < 1.29 is 34.0 Å². The highest BCUT2D eigenvalue weighted by Gasteiger charge is 2.23. The molecule has 7 heteroatoms. The van der Waals surface area contributed by atoms with Crippen LogP contribution in [-0.2, 0) is 4.74 Å². The number of aryl methyl sites for hydroxylation is 2. The highest BCUT2D eigenvalue weighted by atomic mass is 16.5. The Bertz CT molecular complexity index is 892. The van der Waals surface area contributed by atoms with Crippen molar-refractivity contribution >= 4 is 11.9 Å². The smallest absolute Gasteiger partial charge is 0.347 e. The van der Waals surface area contributed by atoms with Gasteiger partial charge in [0.2, 0.25) is 0 Å². The van der Waals surface area contributed by atoms with Crippen LogP contribution >= 0.6 is 0 Å². The number of aromatic hydroxyl groups is 2. The molecule has 0 atom stereocenters. The van der Waals surface area contributed by atoms with Gasteiger partial charge in [0, 0.05) is 11.6 Å². The van der Waals surface area contributed by atoms with Crippen molar-refractivity contribution in [3.05, 3.63) is 46.0 Å². The largest absolute Gasteiger partial charge is 0.507 e. The molecule has 0 aliphatic rings. The second-order valence-electron chi connectivity index (χ2n) is 6.40. The molecule has 150 valence electrons. The van der Waals surface area contributed by atoms with Crippen molar-refractivity contribution in [3.63, 3.8) is 0 Å². The summed E-state index contributed by atoms with van der Waals surface area (Å²) < 4.78 is 15.5. The van der Waals surface area contributed by atoms with Crippen molar-refractivity contribution in [1.82, 2.24) is 0 Å². The molecule has 0 aliphatic carbocycles. The summed E-state index contributed by atoms with van der Waals surface area (Å²) in [6.45, 7) is 6.97. The van der Waals surface area contributed by atoms with Crippen LogP contribution in [-0.4, -0.2) is 35.9 Å². The first-order valence-electron chi connectivity index (χ1n) is 8.81. The van der Waals surface area contributed by atoms with Gasteiger partial charge in [0.15, 0.2) is 0 Å². The van der Waals surface area contributed by atoms with Gasteiger partial charge < -0.3 is 24.4 Å². The molecule has 0 saturated heterocycles. The lowest BCUT2D eigenvalue weighted by Gasteiger charge is -2.15. The van der Waals surface area contributed by atoms with Gasteiger partial charge in [-0.1, -0.05) is 6.92 Å². The second kappa shape index (κ2) is 8.65. The van der Waals surface area contributed by atoms with Gasteiger partial charge in [0.25, 0.3) is 0 Å². The molecule has 0 aliphatic heterocycles. The Hall–Kier alpha value is -3.22. The van der Waals surface area contributed by atoms with Crippen LogP contribution in [0.25, 0.3) is 0 Å². The van der Waals surface area contributed by atoms with E-state index in [1.54, 1.807) is 26.8 Å². The molecule has 0 heterocycles. The van der Waals surface area contributed by atoms with Gasteiger partial charge in [-0.15, -0.1) is 0 Å². The van der Waals surface area contributed by atoms with Crippen molar-refractivity contribution in [1.29, 1.82) is 0 Å². The van der Waals surface area contributed by atoms with E-state index in [0.29, 0.717) is 28.9 Å². The number of rotatable bonds is 6. The zero-order valence-electron chi connectivity index (χ0n) is 16.6. The maximum Gasteiger partial charge on any atom is 0.347 e. The van der Waals surface area contributed by atoms with Gasteiger partial charge in [-0.25, -0.2) is 9.59 Å². The van der Waals surface area contributed by atoms with E-state index in [9.17, 15) is 19.8 Å². The number of esters is 2. The summed E-state index contributed by atoms with van der Waals surface area (Å²) in [5, 5.41) is 20.5. The van der Waals surface area contributed by atoms with E-state index >= 15 is 0 Å². The Morgan fingerprint density at radius 2 is 1.61 bits per heavy atom. The van der Waals surface area contributed by atoms with E-state index in [1.807, 2.05) is 6.92 Å². The molecule has 2 rings (SSSR count). The molecule has 0 amide bonds. The van der Waals surface area contributed by atoms with Crippen molar-refractivity contribution in [3.8, 4) is 23.0 Å². The van der Waals surface area contributed by atoms with Crippen LogP contribution in [0.15, 0.2) is 18.2 Å². The average molecular weight is 388 g/mol. The molecule has 0 spiro atoms. The fraction of sp³-hybridized carbons (Fsp3) is 0.333. The third kappa shape index (κ3) is 4.19. The molecule has 2 aromatic carbocycles. The normalized spacial score (nSPS) is 10.5. The first-order valence-corrected chi connectivity index (χ1v) is 8.81. The fourth-order valence-corrected chi connectivity index (χ4v) is 2.82. The number of ether oxygens (including phenoxy) is 3. The summed E-state index contributed by atoms with van der Waals surface area (Å²) in [6.07, 6.45) is 0.658. The Labute approximate surface area is 163 Å². The molecule has 2 aromatic rings. The maximum absolute atomic E-state index is 12.6. The van der Waals surface area contributed by atoms with E-state index in [4.69, 9.17) is 14.2 Å². The summed E-state index contributed by atoms with van der Waals surface area (Å²) in [7, 11) is 1.47. The van der Waals surface area contributed by atoms with Crippen molar-refractivity contribution in [2.45, 2.75) is 34.1 Å². The van der Waals surface area contributed by atoms with E-state index in [-0.39, 0.29) is 35.0 Å². The minimum absolute atomic E-state index is 0.00174. The number of methoxy groups -OCH3 is 1. The summed E-state index contributed by atoms with van der Waals surface area (Å²) >= 11 is 0. The van der Waals surface area contributed by atoms with Crippen LogP contribution in [0.5, 0.6) is 23.0 Å². The molecule has 28 heavy (non-hydrogen) atoms. The highest BCUT2D eigenvalue weighted by molar-refractivity contribution is 5.97. The SMILES string of the molecule is CCCOC(=O)c1c(C)cc(OC(=O)c2c(C)cc(OC)c(C)c2O)cc1O. The Morgan fingerprint density at radius 3 is 2.18 bits per heavy atom. The zero-order valence-corrected chi connectivity index (χ0v) is 16.6. The first kappa shape index (κ1) is 21.1. The number of phenols is 2. The van der Waals surface area contributed by atoms with E-state index in [0.717, 1.165) is 6.07 Å². The Kier molecular flexibility index (Phi) is 6.51. The van der Waals surface area contributed by atoms with Gasteiger partial charge in [0.05, 0.1) is 13.7 Å². The van der Waals surface area contributed by atoms with Gasteiger partial charge in [-0.2, -0.15) is 0 Å². The number of carbonyl (C=O) groups excluding carboxylic acids is 2. The second-order valence-corrected chi connectivity index (χ2v) is 6.40. The fourth-order valence-electron chi connectivity index (χ4n) is 2.82. The van der Waals surface area contributed by atoms with Crippen LogP contribution in [0, 0.1) is 20.8 Å². The van der Waals surface area contributed by atoms with Gasteiger partial charge in [-0.05, 0) is 50.5 Å². The predicted octanol–water partition coefficient (Wildman–Crippen LogP) is 3.82. The number of benzene rings is 2. The summed E-state index contributed by atoms with van der Waals surface area (Å²) in [4.78, 5) is 24.6. The maximum atomic E-state index is 12.6. The lowest BCUT2D eigenvalue weighted by Crippen LogP contribution is -2.13. The monoisotopic (exact) mass is 388 g/mol. The number of carbonyl (C=O) groups is 2. The van der Waals surface area contributed by atoms with Crippen molar-refractivity contribution in [2.75, 3.05) is 13.7 Å². The molecule has 0 bridgehead atoms. The minimum Gasteiger partial charge on any atom is -0.507 e. The van der Waals surface area contributed by atoms with Crippen LogP contribution < -0.4 is 9.47 Å². The van der Waals surface area contributed by atoms with E-state index < -0.39 is 11.9 Å². The van der Waals surface area contributed by atoms with Gasteiger partial charge >= 0.3 is 11.9 Å². The quantitative estimate of drug-likeness (QED) is 0.573. The third-order valence-electron chi connectivity index (χ3n) is 4.27. The number of phenolic OH excluding ortho intramolecular Hbond substituents is 2. The molecular weight excluding hydrogens is 364 g/mol. The highest BCUT2D eigenvalue weighted by Crippen LogP contribution is 2.35. The lowest BCUT2D eigenvalue weighted by molar-refractivity contribution is 0.0501. The molecule has 0 fully saturated rings. The molecular formula is C21H24O7. The predicted molar refractivity (Wildman–Crippen MR) is 103 cm³/mol. The van der Waals surface area contributed by atoms with Crippen LogP contribution in [0.1, 0.15) is 50.8 Å². The standard InChI is InChI=1S/C21H24O7/c1-6-7-27-20(24)17-11(2)8-14(10-15(17)22)28-21(25)18-12(3)9-16(26-5)13(4)19(18)23/h8-10,22-23H,6-7H2,1-5H3. The molecule has 0 aromatic heterocycles. The van der Waals surface area contributed by atoms with Gasteiger partial charge in [-0.3, -0.25) is 0 Å². The summed E-state index contributed by atoms with van der Waals surface area (Å²) in [6, 6.07) is 4.24. The van der Waals surface area contributed by atoms with E-state index in [1.165, 1.54) is 13.2 Å². The summed E-state index contributed by atoms with van der Waals surface area (Å²) in [5.74, 6) is -1.53. The Balaban J connectivity index is 2.33. The van der Waals surface area contributed by atoms with Crippen LogP contribution in [0.3, 0.4) is 0 Å². The zero-order chi connectivity index (χ0) is 21.0. The topological polar surface area (TPSA) is 102 Å². The average Bonchev–Trinajstić information content (AvgIpc) is 2.62. The molecule has 0 saturated carbocycles. The molecule has 0 radical (unpaired) electrons. The first-order chi connectivity index (χ1) is 13.2. The molecule has 0 unspecified atom stereocenters. The third-order valence-corrected chi connectivity index (χ3v) is 4.27. The van der Waals surface area contributed by atoms with Gasteiger partial charge in [0.1, 0.15) is 34.1 Å². The van der Waals surface area contributed by atoms with Crippen molar-refractivity contribution in [2.24, 2.45) is 0 Å². The number of hydrogen-bond donors (Lipinski definition) is 2. The minimum atomic E-state index is -0.791. The molecule has 7 nitrogen and oxygen atoms in total. The summed E-state index contributed by atoms with van der Waals surface area (Å²) in [5.41, 5.74) is 1.31. The Morgan fingerprint density at radius 1 is 0.964 bits per heavy atom. The molecule has 2 N–H and O–H groups in total.